The number of benzene rings is 1. The first kappa shape index (κ1) is 22.3. The number of aliphatic carboxylic acids is 1. The third kappa shape index (κ3) is 7.89. The van der Waals surface area contributed by atoms with E-state index >= 15 is 0 Å². The van der Waals surface area contributed by atoms with Crippen molar-refractivity contribution in [3.05, 3.63) is 34.4 Å². The summed E-state index contributed by atoms with van der Waals surface area (Å²) in [5.41, 5.74) is 0.480. The maximum Gasteiger partial charge on any atom is 0.333 e. The van der Waals surface area contributed by atoms with Gasteiger partial charge in [-0.05, 0) is 30.2 Å². The van der Waals surface area contributed by atoms with Crippen molar-refractivity contribution in [2.75, 3.05) is 0 Å². The molecule has 0 aliphatic heterocycles. The third-order valence-corrected chi connectivity index (χ3v) is 4.62. The van der Waals surface area contributed by atoms with E-state index in [1.54, 1.807) is 0 Å². The Labute approximate surface area is 165 Å². The highest BCUT2D eigenvalue weighted by Gasteiger charge is 2.17. The van der Waals surface area contributed by atoms with Crippen LogP contribution in [0, 0.1) is 10.1 Å². The predicted octanol–water partition coefficient (Wildman–Crippen LogP) is 1.04. The molecule has 0 radical (unpaired) electrons. The maximum absolute atomic E-state index is 10.5. The second-order valence-corrected chi connectivity index (χ2v) is 7.45. The molecule has 1 aromatic carbocycles. The van der Waals surface area contributed by atoms with Crippen LogP contribution in [-0.4, -0.2) is 55.2 Å². The number of nitrogens with one attached hydrogen (secondary N) is 1. The minimum atomic E-state index is -3.97. The molecule has 1 aliphatic carbocycles. The van der Waals surface area contributed by atoms with Gasteiger partial charge < -0.3 is 5.11 Å². The van der Waals surface area contributed by atoms with Crippen molar-refractivity contribution in [1.82, 2.24) is 24.9 Å². The van der Waals surface area contributed by atoms with Crippen molar-refractivity contribution in [2.24, 2.45) is 0 Å². The lowest BCUT2D eigenvalue weighted by molar-refractivity contribution is -0.384. The normalized spacial score (nSPS) is 14.7. The molecule has 0 atom stereocenters. The van der Waals surface area contributed by atoms with E-state index in [9.17, 15) is 23.3 Å². The number of nitrogens with zero attached hydrogens (tertiary/aromatic N) is 5. The topological polar surface area (TPSA) is 190 Å². The first-order chi connectivity index (χ1) is 13.6. The second kappa shape index (κ2) is 9.99. The lowest BCUT2D eigenvalue weighted by Gasteiger charge is -2.20. The average molecular weight is 428 g/mol. The standard InChI is InChI=1S/C9H7N5O4.C6H13NO3S/c15-8(16)5-13-11-9(10-12-13)6-1-3-7(4-2-6)14(17)18;8-11(9,10)7-6-4-2-1-3-5-6/h1-4H,5H2,(H,15,16);6-7H,1-5H2,(H,8,9,10). The van der Waals surface area contributed by atoms with Crippen LogP contribution in [0.15, 0.2) is 24.3 Å². The van der Waals surface area contributed by atoms with Gasteiger partial charge >= 0.3 is 16.3 Å². The van der Waals surface area contributed by atoms with Crippen LogP contribution in [0.3, 0.4) is 0 Å². The molecule has 1 saturated carbocycles. The number of nitro groups is 1. The number of hydrogen-bond acceptors (Lipinski definition) is 8. The van der Waals surface area contributed by atoms with Gasteiger partial charge in [0.15, 0.2) is 6.54 Å². The smallest absolute Gasteiger partial charge is 0.333 e. The number of hydrogen-bond donors (Lipinski definition) is 3. The van der Waals surface area contributed by atoms with E-state index in [4.69, 9.17) is 9.66 Å². The van der Waals surface area contributed by atoms with E-state index in [-0.39, 0.29) is 24.1 Å². The summed E-state index contributed by atoms with van der Waals surface area (Å²) in [5, 5.41) is 30.1. The molecular formula is C15H20N6O7S. The molecule has 158 valence electrons. The summed E-state index contributed by atoms with van der Waals surface area (Å²) in [6.07, 6.45) is 4.96. The molecule has 0 bridgehead atoms. The Morgan fingerprint density at radius 3 is 2.38 bits per heavy atom. The van der Waals surface area contributed by atoms with Gasteiger partial charge in [-0.2, -0.15) is 17.9 Å². The summed E-state index contributed by atoms with van der Waals surface area (Å²) in [6.45, 7) is -0.389. The first-order valence-electron chi connectivity index (χ1n) is 8.63. The molecule has 0 spiro atoms. The van der Waals surface area contributed by atoms with Gasteiger partial charge in [0.05, 0.1) is 4.92 Å². The molecular weight excluding hydrogens is 408 g/mol. The number of carboxylic acid groups (broad SMARTS) is 1. The van der Waals surface area contributed by atoms with Crippen molar-refractivity contribution in [3.8, 4) is 11.4 Å². The zero-order valence-corrected chi connectivity index (χ0v) is 16.0. The van der Waals surface area contributed by atoms with Gasteiger partial charge in [0.2, 0.25) is 5.82 Å². The van der Waals surface area contributed by atoms with Gasteiger partial charge in [0, 0.05) is 23.7 Å². The first-order valence-corrected chi connectivity index (χ1v) is 10.1. The van der Waals surface area contributed by atoms with Crippen molar-refractivity contribution in [1.29, 1.82) is 0 Å². The molecule has 3 N–H and O–H groups in total. The fourth-order valence-corrected chi connectivity index (χ4v) is 3.37. The Balaban J connectivity index is 0.000000234. The molecule has 1 fully saturated rings. The lowest BCUT2D eigenvalue weighted by atomic mass is 9.96. The van der Waals surface area contributed by atoms with Crippen LogP contribution in [0.1, 0.15) is 32.1 Å². The quantitative estimate of drug-likeness (QED) is 0.340. The lowest BCUT2D eigenvalue weighted by Crippen LogP contribution is -2.35. The number of carboxylic acids is 1. The molecule has 2 aromatic rings. The summed E-state index contributed by atoms with van der Waals surface area (Å²) in [6, 6.07) is 5.53. The number of rotatable bonds is 6. The number of tetrazole rings is 1. The SMILES string of the molecule is O=C(O)Cn1nnc(-c2ccc([N+](=O)[O-])cc2)n1.O=S(=O)(O)NC1CCCCC1. The molecule has 0 saturated heterocycles. The second-order valence-electron chi connectivity index (χ2n) is 6.27. The van der Waals surface area contributed by atoms with Crippen LogP contribution in [0.25, 0.3) is 11.4 Å². The van der Waals surface area contributed by atoms with E-state index in [1.807, 2.05) is 0 Å². The molecule has 1 aromatic heterocycles. The highest BCUT2D eigenvalue weighted by Crippen LogP contribution is 2.18. The maximum atomic E-state index is 10.5. The molecule has 1 aliphatic rings. The van der Waals surface area contributed by atoms with E-state index in [2.05, 4.69) is 20.1 Å². The summed E-state index contributed by atoms with van der Waals surface area (Å²) in [5.74, 6) is -0.867. The average Bonchev–Trinajstić information content (AvgIpc) is 3.09. The van der Waals surface area contributed by atoms with E-state index in [0.29, 0.717) is 5.56 Å². The van der Waals surface area contributed by atoms with Gasteiger partial charge in [0.1, 0.15) is 0 Å². The summed E-state index contributed by atoms with van der Waals surface area (Å²) >= 11 is 0. The van der Waals surface area contributed by atoms with E-state index in [1.165, 1.54) is 30.7 Å². The number of non-ortho nitro benzene ring substituents is 1. The Morgan fingerprint density at radius 1 is 1.24 bits per heavy atom. The number of carbonyl (C=O) groups is 1. The summed E-state index contributed by atoms with van der Waals surface area (Å²) in [4.78, 5) is 21.3. The Kier molecular flexibility index (Phi) is 7.69. The monoisotopic (exact) mass is 428 g/mol. The minimum Gasteiger partial charge on any atom is -0.480 e. The number of nitro benzene ring substituents is 1. The largest absolute Gasteiger partial charge is 0.480 e. The third-order valence-electron chi connectivity index (χ3n) is 3.99. The molecule has 13 nitrogen and oxygen atoms in total. The summed E-state index contributed by atoms with van der Waals surface area (Å²) < 4.78 is 31.3. The Bertz CT molecular complexity index is 938. The predicted molar refractivity (Wildman–Crippen MR) is 99.1 cm³/mol. The van der Waals surface area contributed by atoms with Crippen LogP contribution >= 0.6 is 0 Å². The van der Waals surface area contributed by atoms with Crippen LogP contribution in [0.5, 0.6) is 0 Å². The molecule has 0 amide bonds. The Hall–Kier alpha value is -2.97. The molecule has 14 heteroatoms. The van der Waals surface area contributed by atoms with Gasteiger partial charge in [-0.3, -0.25) is 19.5 Å². The molecule has 1 heterocycles. The van der Waals surface area contributed by atoms with Gasteiger partial charge in [-0.25, -0.2) is 0 Å². The van der Waals surface area contributed by atoms with Crippen LogP contribution < -0.4 is 4.72 Å². The van der Waals surface area contributed by atoms with E-state index in [0.717, 1.165) is 30.5 Å². The highest BCUT2D eigenvalue weighted by molar-refractivity contribution is 7.83. The number of aromatic nitrogens is 4. The van der Waals surface area contributed by atoms with Crippen LogP contribution in [-0.2, 0) is 21.6 Å². The Morgan fingerprint density at radius 2 is 1.86 bits per heavy atom. The van der Waals surface area contributed by atoms with Gasteiger partial charge in [-0.1, -0.05) is 19.3 Å². The zero-order valence-electron chi connectivity index (χ0n) is 15.2. The zero-order chi connectivity index (χ0) is 21.4. The fourth-order valence-electron chi connectivity index (χ4n) is 2.71. The molecule has 3 rings (SSSR count). The minimum absolute atomic E-state index is 0.0428. The van der Waals surface area contributed by atoms with Crippen LogP contribution in [0.4, 0.5) is 5.69 Å². The van der Waals surface area contributed by atoms with Gasteiger partial charge in [0.25, 0.3) is 5.69 Å². The van der Waals surface area contributed by atoms with Crippen molar-refractivity contribution in [2.45, 2.75) is 44.7 Å². The van der Waals surface area contributed by atoms with Crippen molar-refractivity contribution < 1.29 is 27.8 Å². The molecule has 0 unspecified atom stereocenters. The van der Waals surface area contributed by atoms with Crippen molar-refractivity contribution in [3.63, 3.8) is 0 Å². The fraction of sp³-hybridized carbons (Fsp3) is 0.467. The summed E-state index contributed by atoms with van der Waals surface area (Å²) in [7, 11) is -3.97. The van der Waals surface area contributed by atoms with Crippen LogP contribution in [0.2, 0.25) is 0 Å². The van der Waals surface area contributed by atoms with Crippen molar-refractivity contribution >= 4 is 22.0 Å². The highest BCUT2D eigenvalue weighted by atomic mass is 32.2. The van der Waals surface area contributed by atoms with Gasteiger partial charge in [-0.15, -0.1) is 10.2 Å². The van der Waals surface area contributed by atoms with E-state index < -0.39 is 21.2 Å². The molecule has 29 heavy (non-hydrogen) atoms.